The molecule has 2 N–H and O–H groups in total. The Morgan fingerprint density at radius 3 is 2.32 bits per heavy atom. The van der Waals surface area contributed by atoms with E-state index in [0.717, 1.165) is 0 Å². The predicted molar refractivity (Wildman–Crippen MR) is 66.8 cm³/mol. The lowest BCUT2D eigenvalue weighted by molar-refractivity contribution is 0.00312. The number of carbonyl (C=O) groups is 1. The fourth-order valence-electron chi connectivity index (χ4n) is 1.70. The van der Waals surface area contributed by atoms with Crippen LogP contribution in [-0.2, 0) is 14.8 Å². The van der Waals surface area contributed by atoms with Crippen LogP contribution in [0.5, 0.6) is 0 Å². The zero-order valence-corrected chi connectivity index (χ0v) is 11.3. The first kappa shape index (κ1) is 13.7. The molecular weight excluding hydrogens is 272 g/mol. The van der Waals surface area contributed by atoms with Crippen molar-refractivity contribution in [1.29, 1.82) is 0 Å². The lowest BCUT2D eigenvalue weighted by atomic mass is 10.4. The Bertz CT molecular complexity index is 592. The number of nitrogens with two attached hydrogens (primary N) is 1. The van der Waals surface area contributed by atoms with Gasteiger partial charge in [0, 0.05) is 17.8 Å². The van der Waals surface area contributed by atoms with Crippen LogP contribution in [0, 0.1) is 13.8 Å². The summed E-state index contributed by atoms with van der Waals surface area (Å²) in [6.07, 6.45) is 0.316. The molecule has 19 heavy (non-hydrogen) atoms. The molecule has 2 heterocycles. The second-order valence-electron chi connectivity index (χ2n) is 4.19. The van der Waals surface area contributed by atoms with Crippen molar-refractivity contribution in [2.45, 2.75) is 25.7 Å². The van der Waals surface area contributed by atoms with Gasteiger partial charge in [-0.1, -0.05) is 0 Å². The summed E-state index contributed by atoms with van der Waals surface area (Å²) < 4.78 is 29.7. The molecule has 0 aromatic carbocycles. The van der Waals surface area contributed by atoms with Gasteiger partial charge in [0.05, 0.1) is 6.61 Å². The Hall–Kier alpha value is -1.74. The van der Waals surface area contributed by atoms with Crippen LogP contribution in [0.3, 0.4) is 0 Å². The van der Waals surface area contributed by atoms with Crippen LogP contribution in [0.2, 0.25) is 0 Å². The Morgan fingerprint density at radius 2 is 1.95 bits per heavy atom. The highest BCUT2D eigenvalue weighted by Gasteiger charge is 2.41. The first-order chi connectivity index (χ1) is 8.82. The number of carbonyl (C=O) groups excluding carboxylic acids is 1. The number of sulfonamides is 1. The Kier molecular flexibility index (Phi) is 3.42. The van der Waals surface area contributed by atoms with E-state index in [1.54, 1.807) is 19.9 Å². The number of amides is 2. The van der Waals surface area contributed by atoms with Crippen LogP contribution < -0.4 is 10.0 Å². The van der Waals surface area contributed by atoms with E-state index in [1.165, 1.54) is 0 Å². The third-order valence-corrected chi connectivity index (χ3v) is 4.48. The van der Waals surface area contributed by atoms with Gasteiger partial charge in [-0.25, -0.2) is 23.2 Å². The third kappa shape index (κ3) is 2.51. The molecule has 1 aromatic heterocycles. The summed E-state index contributed by atoms with van der Waals surface area (Å²) in [6, 6.07) is 0.510. The van der Waals surface area contributed by atoms with Gasteiger partial charge in [0.15, 0.2) is 5.44 Å². The summed E-state index contributed by atoms with van der Waals surface area (Å²) in [5, 5.41) is 0. The van der Waals surface area contributed by atoms with Crippen molar-refractivity contribution in [2.75, 3.05) is 10.9 Å². The van der Waals surface area contributed by atoms with Crippen LogP contribution >= 0.6 is 0 Å². The van der Waals surface area contributed by atoms with Crippen LogP contribution in [0.1, 0.15) is 17.8 Å². The van der Waals surface area contributed by atoms with E-state index < -0.39 is 21.5 Å². The van der Waals surface area contributed by atoms with Crippen LogP contribution in [-0.4, -0.2) is 36.5 Å². The second kappa shape index (κ2) is 4.74. The minimum absolute atomic E-state index is 0.250. The summed E-state index contributed by atoms with van der Waals surface area (Å²) in [7, 11) is -4.04. The number of nitrogens with zero attached hydrogens (tertiary/aromatic N) is 3. The van der Waals surface area contributed by atoms with E-state index in [2.05, 4.69) is 9.97 Å². The molecule has 8 nitrogen and oxygen atoms in total. The molecular formula is C10H14N4O4S. The number of rotatable bonds is 3. The van der Waals surface area contributed by atoms with E-state index in [4.69, 9.17) is 10.5 Å². The topological polar surface area (TPSA) is 115 Å². The fraction of sp³-hybridized carbons (Fsp3) is 0.500. The number of hydrogen-bond donors (Lipinski definition) is 1. The maximum absolute atomic E-state index is 12.2. The standard InChI is InChI=1S/C10H14N4O4S/c1-6-5-7(2)13-10(12-6)14(9(11)15)19(16,17)8-3-4-18-8/h5,8H,3-4H2,1-2H3,(H2,11,15). The molecule has 0 radical (unpaired) electrons. The van der Waals surface area contributed by atoms with Crippen molar-refractivity contribution in [3.05, 3.63) is 17.5 Å². The molecule has 1 atom stereocenters. The van der Waals surface area contributed by atoms with Gasteiger partial charge in [0.2, 0.25) is 5.95 Å². The molecule has 1 aliphatic heterocycles. The molecule has 104 valence electrons. The summed E-state index contributed by atoms with van der Waals surface area (Å²) >= 11 is 0. The molecule has 2 rings (SSSR count). The Labute approximate surface area is 110 Å². The van der Waals surface area contributed by atoms with Gasteiger partial charge in [-0.05, 0) is 19.9 Å². The van der Waals surface area contributed by atoms with E-state index in [-0.39, 0.29) is 5.95 Å². The first-order valence-corrected chi connectivity index (χ1v) is 7.10. The molecule has 0 aliphatic carbocycles. The average Bonchev–Trinajstić information content (AvgIpc) is 2.09. The quantitative estimate of drug-likeness (QED) is 0.839. The minimum atomic E-state index is -4.04. The molecule has 1 aromatic rings. The average molecular weight is 286 g/mol. The predicted octanol–water partition coefficient (Wildman–Crippen LogP) is 0.0547. The van der Waals surface area contributed by atoms with Crippen molar-refractivity contribution >= 4 is 22.0 Å². The highest BCUT2D eigenvalue weighted by atomic mass is 32.2. The number of aromatic nitrogens is 2. The van der Waals surface area contributed by atoms with Crippen LogP contribution in [0.15, 0.2) is 6.07 Å². The number of urea groups is 1. The van der Waals surface area contributed by atoms with Crippen molar-refractivity contribution in [2.24, 2.45) is 5.73 Å². The van der Waals surface area contributed by atoms with Crippen LogP contribution in [0.4, 0.5) is 10.7 Å². The summed E-state index contributed by atoms with van der Waals surface area (Å²) in [4.78, 5) is 19.3. The summed E-state index contributed by atoms with van der Waals surface area (Å²) in [5.41, 5.74) is 5.16. The highest BCUT2D eigenvalue weighted by Crippen LogP contribution is 2.24. The largest absolute Gasteiger partial charge is 0.360 e. The van der Waals surface area contributed by atoms with E-state index >= 15 is 0 Å². The fourth-order valence-corrected chi connectivity index (χ4v) is 3.16. The maximum atomic E-state index is 12.2. The zero-order valence-electron chi connectivity index (χ0n) is 10.5. The number of primary amides is 1. The third-order valence-electron chi connectivity index (χ3n) is 2.60. The van der Waals surface area contributed by atoms with E-state index in [9.17, 15) is 13.2 Å². The molecule has 1 unspecified atom stereocenters. The minimum Gasteiger partial charge on any atom is -0.360 e. The monoisotopic (exact) mass is 286 g/mol. The molecule has 1 fully saturated rings. The summed E-state index contributed by atoms with van der Waals surface area (Å²) in [5.74, 6) is -0.250. The Balaban J connectivity index is 2.48. The SMILES string of the molecule is Cc1cc(C)nc(N(C(N)=O)S(=O)(=O)C2CCO2)n1. The zero-order chi connectivity index (χ0) is 14.2. The molecule has 0 bridgehead atoms. The molecule has 1 saturated heterocycles. The molecule has 0 spiro atoms. The molecule has 9 heteroatoms. The second-order valence-corrected chi connectivity index (χ2v) is 6.11. The number of anilines is 1. The highest BCUT2D eigenvalue weighted by molar-refractivity contribution is 7.94. The molecule has 2 amide bonds. The van der Waals surface area contributed by atoms with Gasteiger partial charge in [0.1, 0.15) is 0 Å². The summed E-state index contributed by atoms with van der Waals surface area (Å²) in [6.45, 7) is 3.68. The lowest BCUT2D eigenvalue weighted by Gasteiger charge is -2.30. The number of hydrogen-bond acceptors (Lipinski definition) is 6. The number of aryl methyl sites for hydroxylation is 2. The smallest absolute Gasteiger partial charge is 0.335 e. The molecule has 0 saturated carbocycles. The van der Waals surface area contributed by atoms with Gasteiger partial charge >= 0.3 is 6.03 Å². The number of ether oxygens (including phenoxy) is 1. The van der Waals surface area contributed by atoms with E-state index in [0.29, 0.717) is 28.7 Å². The van der Waals surface area contributed by atoms with Crippen LogP contribution in [0.25, 0.3) is 0 Å². The lowest BCUT2D eigenvalue weighted by Crippen LogP contribution is -2.50. The van der Waals surface area contributed by atoms with Crippen molar-refractivity contribution in [3.63, 3.8) is 0 Å². The normalized spacial score (nSPS) is 18.7. The maximum Gasteiger partial charge on any atom is 0.335 e. The van der Waals surface area contributed by atoms with Gasteiger partial charge in [-0.3, -0.25) is 0 Å². The van der Waals surface area contributed by atoms with Crippen molar-refractivity contribution in [1.82, 2.24) is 9.97 Å². The van der Waals surface area contributed by atoms with E-state index in [1.807, 2.05) is 0 Å². The van der Waals surface area contributed by atoms with Crippen molar-refractivity contribution < 1.29 is 17.9 Å². The molecule has 1 aliphatic rings. The van der Waals surface area contributed by atoms with Crippen molar-refractivity contribution in [3.8, 4) is 0 Å². The Morgan fingerprint density at radius 1 is 1.42 bits per heavy atom. The van der Waals surface area contributed by atoms with Gasteiger partial charge in [-0.15, -0.1) is 0 Å². The van der Waals surface area contributed by atoms with Gasteiger partial charge in [0.25, 0.3) is 10.0 Å². The van der Waals surface area contributed by atoms with Gasteiger partial charge < -0.3 is 10.5 Å². The van der Waals surface area contributed by atoms with Gasteiger partial charge in [-0.2, -0.15) is 4.31 Å². The first-order valence-electron chi connectivity index (χ1n) is 5.60.